The van der Waals surface area contributed by atoms with Gasteiger partial charge in [0.15, 0.2) is 0 Å². The zero-order valence-electron chi connectivity index (χ0n) is 8.35. The van der Waals surface area contributed by atoms with E-state index in [0.29, 0.717) is 12.3 Å². The Hall–Kier alpha value is -0.840. The number of carbonyl (C=O) groups is 1. The lowest BCUT2D eigenvalue weighted by molar-refractivity contribution is -0.123. The van der Waals surface area contributed by atoms with Crippen molar-refractivity contribution in [2.45, 2.75) is 40.5 Å². The molecule has 2 atom stereocenters. The molecule has 0 heterocycles. The van der Waals surface area contributed by atoms with Gasteiger partial charge in [0.25, 0.3) is 0 Å². The third kappa shape index (κ3) is 2.65. The quantitative estimate of drug-likeness (QED) is 0.645. The van der Waals surface area contributed by atoms with Crippen molar-refractivity contribution in [1.82, 2.24) is 0 Å². The minimum Gasteiger partial charge on any atom is -0.298 e. The van der Waals surface area contributed by atoms with Gasteiger partial charge in [0.1, 0.15) is 11.2 Å². The predicted octanol–water partition coefficient (Wildman–Crippen LogP) is 2.54. The van der Waals surface area contributed by atoms with Gasteiger partial charge in [0.05, 0.1) is 6.07 Å². The van der Waals surface area contributed by atoms with Crippen LogP contribution in [0.2, 0.25) is 0 Å². The van der Waals surface area contributed by atoms with Crippen molar-refractivity contribution in [1.29, 1.82) is 5.26 Å². The molecule has 12 heavy (non-hydrogen) atoms. The molecule has 0 amide bonds. The Balaban J connectivity index is 4.37. The summed E-state index contributed by atoms with van der Waals surface area (Å²) < 4.78 is 0. The number of nitrogens with zero attached hydrogens (tertiary/aromatic N) is 1. The third-order valence-corrected chi connectivity index (χ3v) is 2.48. The monoisotopic (exact) mass is 167 g/mol. The van der Waals surface area contributed by atoms with Crippen LogP contribution in [-0.4, -0.2) is 5.78 Å². The fourth-order valence-electron chi connectivity index (χ4n) is 1.11. The van der Waals surface area contributed by atoms with Crippen LogP contribution in [0.1, 0.15) is 40.5 Å². The molecule has 0 rings (SSSR count). The fraction of sp³-hybridized carbons (Fsp3) is 0.800. The first kappa shape index (κ1) is 11.2. The van der Waals surface area contributed by atoms with Crippen LogP contribution in [0.15, 0.2) is 0 Å². The molecule has 0 N–H and O–H groups in total. The molecule has 0 aromatic heterocycles. The van der Waals surface area contributed by atoms with Crippen LogP contribution in [0.5, 0.6) is 0 Å². The topological polar surface area (TPSA) is 40.9 Å². The molecule has 68 valence electrons. The van der Waals surface area contributed by atoms with Crippen molar-refractivity contribution in [3.8, 4) is 6.07 Å². The van der Waals surface area contributed by atoms with Crippen molar-refractivity contribution in [3.05, 3.63) is 0 Å². The minimum atomic E-state index is -0.768. The van der Waals surface area contributed by atoms with E-state index in [1.165, 1.54) is 6.92 Å². The Morgan fingerprint density at radius 2 is 2.17 bits per heavy atom. The fourth-order valence-corrected chi connectivity index (χ4v) is 1.11. The van der Waals surface area contributed by atoms with Gasteiger partial charge in [-0.3, -0.25) is 4.79 Å². The number of nitriles is 1. The van der Waals surface area contributed by atoms with Crippen LogP contribution in [0.25, 0.3) is 0 Å². The predicted molar refractivity (Wildman–Crippen MR) is 48.5 cm³/mol. The Morgan fingerprint density at radius 3 is 2.42 bits per heavy atom. The van der Waals surface area contributed by atoms with Crippen LogP contribution in [-0.2, 0) is 4.79 Å². The van der Waals surface area contributed by atoms with E-state index in [9.17, 15) is 4.79 Å². The highest BCUT2D eigenvalue weighted by molar-refractivity contribution is 5.84. The number of hydrogen-bond acceptors (Lipinski definition) is 2. The summed E-state index contributed by atoms with van der Waals surface area (Å²) in [5.74, 6) is 0.420. The molecule has 0 aliphatic heterocycles. The summed E-state index contributed by atoms with van der Waals surface area (Å²) in [7, 11) is 0. The van der Waals surface area contributed by atoms with Crippen molar-refractivity contribution in [2.24, 2.45) is 11.3 Å². The second-order valence-electron chi connectivity index (χ2n) is 3.72. The number of rotatable bonds is 4. The van der Waals surface area contributed by atoms with Crippen molar-refractivity contribution >= 4 is 5.78 Å². The van der Waals surface area contributed by atoms with Crippen LogP contribution >= 0.6 is 0 Å². The molecule has 0 saturated heterocycles. The van der Waals surface area contributed by atoms with Crippen molar-refractivity contribution in [3.63, 3.8) is 0 Å². The summed E-state index contributed by atoms with van der Waals surface area (Å²) in [6.07, 6.45) is 1.69. The number of carbonyl (C=O) groups excluding carboxylic acids is 1. The second-order valence-corrected chi connectivity index (χ2v) is 3.72. The molecular weight excluding hydrogens is 150 g/mol. The molecule has 0 aromatic carbocycles. The minimum absolute atomic E-state index is 0.0229. The summed E-state index contributed by atoms with van der Waals surface area (Å²) >= 11 is 0. The van der Waals surface area contributed by atoms with Crippen LogP contribution in [0.4, 0.5) is 0 Å². The lowest BCUT2D eigenvalue weighted by atomic mass is 9.79. The molecule has 2 nitrogen and oxygen atoms in total. The largest absolute Gasteiger partial charge is 0.298 e. The maximum Gasteiger partial charge on any atom is 0.149 e. The van der Waals surface area contributed by atoms with Gasteiger partial charge in [-0.15, -0.1) is 0 Å². The van der Waals surface area contributed by atoms with Crippen molar-refractivity contribution < 1.29 is 4.79 Å². The summed E-state index contributed by atoms with van der Waals surface area (Å²) in [6, 6.07) is 2.09. The van der Waals surface area contributed by atoms with Gasteiger partial charge in [-0.05, 0) is 26.2 Å². The molecule has 2 heteroatoms. The van der Waals surface area contributed by atoms with Gasteiger partial charge >= 0.3 is 0 Å². The van der Waals surface area contributed by atoms with Gasteiger partial charge in [-0.1, -0.05) is 20.3 Å². The van der Waals surface area contributed by atoms with E-state index in [0.717, 1.165) is 6.42 Å². The average molecular weight is 167 g/mol. The Bertz CT molecular complexity index is 204. The van der Waals surface area contributed by atoms with E-state index >= 15 is 0 Å². The number of hydrogen-bond donors (Lipinski definition) is 0. The van der Waals surface area contributed by atoms with E-state index in [2.05, 4.69) is 19.9 Å². The van der Waals surface area contributed by atoms with E-state index in [1.54, 1.807) is 6.92 Å². The van der Waals surface area contributed by atoms with E-state index < -0.39 is 5.41 Å². The van der Waals surface area contributed by atoms with Gasteiger partial charge < -0.3 is 0 Å². The average Bonchev–Trinajstić information content (AvgIpc) is 2.03. The molecule has 0 bridgehead atoms. The Kier molecular flexibility index (Phi) is 3.95. The lowest BCUT2D eigenvalue weighted by Crippen LogP contribution is -2.25. The summed E-state index contributed by atoms with van der Waals surface area (Å²) in [5, 5.41) is 8.83. The molecule has 2 unspecified atom stereocenters. The smallest absolute Gasteiger partial charge is 0.149 e. The lowest BCUT2D eigenvalue weighted by Gasteiger charge is -2.21. The van der Waals surface area contributed by atoms with Crippen LogP contribution in [0.3, 0.4) is 0 Å². The first-order valence-electron chi connectivity index (χ1n) is 4.38. The molecule has 0 aliphatic carbocycles. The zero-order chi connectivity index (χ0) is 9.78. The highest BCUT2D eigenvalue weighted by Crippen LogP contribution is 2.27. The third-order valence-electron chi connectivity index (χ3n) is 2.48. The summed E-state index contributed by atoms with van der Waals surface area (Å²) in [5.41, 5.74) is -0.768. The van der Waals surface area contributed by atoms with Gasteiger partial charge in [-0.2, -0.15) is 5.26 Å². The molecule has 0 aliphatic rings. The van der Waals surface area contributed by atoms with E-state index in [4.69, 9.17) is 5.26 Å². The van der Waals surface area contributed by atoms with Gasteiger partial charge in [0.2, 0.25) is 0 Å². The molecule has 0 spiro atoms. The molecule has 0 fully saturated rings. The molecule has 0 radical (unpaired) electrons. The number of ketones is 1. The maximum atomic E-state index is 11.1. The first-order chi connectivity index (χ1) is 5.46. The highest BCUT2D eigenvalue weighted by Gasteiger charge is 2.30. The van der Waals surface area contributed by atoms with E-state index in [1.807, 2.05) is 0 Å². The van der Waals surface area contributed by atoms with Gasteiger partial charge in [0, 0.05) is 0 Å². The first-order valence-corrected chi connectivity index (χ1v) is 4.38. The molecular formula is C10H17NO. The molecule has 0 saturated carbocycles. The van der Waals surface area contributed by atoms with Crippen LogP contribution < -0.4 is 0 Å². The normalized spacial score (nSPS) is 17.6. The number of Topliss-reactive ketones (excluding diaryl/α,β-unsaturated/α-hetero) is 1. The summed E-state index contributed by atoms with van der Waals surface area (Å²) in [6.45, 7) is 7.36. The highest BCUT2D eigenvalue weighted by atomic mass is 16.1. The SMILES string of the molecule is CCC(C)CC(C)(C#N)C(C)=O. The van der Waals surface area contributed by atoms with Gasteiger partial charge in [-0.25, -0.2) is 0 Å². The molecule has 0 aromatic rings. The van der Waals surface area contributed by atoms with E-state index in [-0.39, 0.29) is 5.78 Å². The second kappa shape index (κ2) is 4.25. The summed E-state index contributed by atoms with van der Waals surface area (Å²) in [4.78, 5) is 11.1. The standard InChI is InChI=1S/C10H17NO/c1-5-8(2)6-10(4,7-11)9(3)12/h8H,5-6H2,1-4H3. The Morgan fingerprint density at radius 1 is 1.67 bits per heavy atom. The zero-order valence-corrected chi connectivity index (χ0v) is 8.35. The Labute approximate surface area is 74.6 Å². The maximum absolute atomic E-state index is 11.1. The van der Waals surface area contributed by atoms with Crippen LogP contribution in [0, 0.1) is 22.7 Å². The van der Waals surface area contributed by atoms with Crippen molar-refractivity contribution in [2.75, 3.05) is 0 Å².